The van der Waals surface area contributed by atoms with Crippen LogP contribution in [0.2, 0.25) is 0 Å². The van der Waals surface area contributed by atoms with E-state index in [0.717, 1.165) is 11.1 Å². The van der Waals surface area contributed by atoms with E-state index in [1.807, 2.05) is 31.2 Å². The fraction of sp³-hybridized carbons (Fsp3) is 0.0625. The number of carbonyl (C=O) groups is 1. The zero-order chi connectivity index (χ0) is 14.7. The molecule has 5 heteroatoms. The Morgan fingerprint density at radius 2 is 1.95 bits per heavy atom. The minimum absolute atomic E-state index is 0.149. The number of aryl methyl sites for hydroxylation is 1. The van der Waals surface area contributed by atoms with Gasteiger partial charge in [-0.05, 0) is 19.1 Å². The van der Waals surface area contributed by atoms with E-state index in [-0.39, 0.29) is 11.7 Å². The van der Waals surface area contributed by atoms with Gasteiger partial charge in [0.15, 0.2) is 0 Å². The number of aromatic nitrogens is 2. The van der Waals surface area contributed by atoms with Gasteiger partial charge in [-0.3, -0.25) is 4.79 Å². The molecule has 0 spiro atoms. The summed E-state index contributed by atoms with van der Waals surface area (Å²) < 4.78 is 5.09. The summed E-state index contributed by atoms with van der Waals surface area (Å²) in [7, 11) is 0. The highest BCUT2D eigenvalue weighted by Crippen LogP contribution is 2.20. The van der Waals surface area contributed by atoms with Crippen LogP contribution in [0.4, 0.5) is 5.82 Å². The van der Waals surface area contributed by atoms with Gasteiger partial charge in [0, 0.05) is 17.8 Å². The molecule has 0 aliphatic carbocycles. The maximum Gasteiger partial charge on any atom is 0.295 e. The van der Waals surface area contributed by atoms with Crippen molar-refractivity contribution in [2.24, 2.45) is 0 Å². The maximum atomic E-state index is 12.0. The lowest BCUT2D eigenvalue weighted by Crippen LogP contribution is -2.11. The van der Waals surface area contributed by atoms with Crippen LogP contribution < -0.4 is 5.32 Å². The number of hydrogen-bond acceptors (Lipinski definition) is 4. The number of benzene rings is 1. The summed E-state index contributed by atoms with van der Waals surface area (Å²) in [5.41, 5.74) is 2.69. The maximum absolute atomic E-state index is 12.0. The first-order valence-corrected chi connectivity index (χ1v) is 6.48. The Kier molecular flexibility index (Phi) is 3.47. The van der Waals surface area contributed by atoms with Crippen molar-refractivity contribution in [2.45, 2.75) is 6.92 Å². The molecule has 1 aromatic carbocycles. The van der Waals surface area contributed by atoms with Gasteiger partial charge >= 0.3 is 0 Å². The van der Waals surface area contributed by atoms with Crippen molar-refractivity contribution in [3.8, 4) is 11.3 Å². The summed E-state index contributed by atoms with van der Waals surface area (Å²) >= 11 is 0. The average molecular weight is 279 g/mol. The Hall–Kier alpha value is -2.95. The molecule has 1 N–H and O–H groups in total. The fourth-order valence-corrected chi connectivity index (χ4v) is 1.86. The largest absolute Gasteiger partial charge is 0.350 e. The van der Waals surface area contributed by atoms with E-state index in [1.165, 1.54) is 0 Å². The highest BCUT2D eigenvalue weighted by Gasteiger charge is 2.14. The van der Waals surface area contributed by atoms with Gasteiger partial charge in [-0.15, -0.1) is 0 Å². The van der Waals surface area contributed by atoms with Crippen molar-refractivity contribution < 1.29 is 9.32 Å². The molecule has 2 aromatic heterocycles. The molecule has 0 fully saturated rings. The first kappa shape index (κ1) is 13.1. The highest BCUT2D eigenvalue weighted by atomic mass is 16.5. The van der Waals surface area contributed by atoms with Gasteiger partial charge in [0.25, 0.3) is 5.91 Å². The quantitative estimate of drug-likeness (QED) is 0.798. The lowest BCUT2D eigenvalue weighted by Gasteiger charge is -1.99. The number of nitrogens with one attached hydrogen (secondary N) is 1. The summed E-state index contributed by atoms with van der Waals surface area (Å²) in [5.74, 6) is 0.242. The second-order valence-corrected chi connectivity index (χ2v) is 4.61. The molecule has 3 rings (SSSR count). The molecule has 0 bridgehead atoms. The molecule has 0 saturated carbocycles. The minimum atomic E-state index is -0.375. The third kappa shape index (κ3) is 2.97. The van der Waals surface area contributed by atoms with Crippen LogP contribution in [0.3, 0.4) is 0 Å². The van der Waals surface area contributed by atoms with Crippen LogP contribution in [0.25, 0.3) is 11.3 Å². The molecule has 0 aliphatic rings. The van der Waals surface area contributed by atoms with Crippen LogP contribution in [0, 0.1) is 6.92 Å². The average Bonchev–Trinajstić information content (AvgIpc) is 2.99. The van der Waals surface area contributed by atoms with Gasteiger partial charge in [0.2, 0.25) is 5.76 Å². The Morgan fingerprint density at radius 3 is 2.67 bits per heavy atom. The predicted octanol–water partition coefficient (Wildman–Crippen LogP) is 3.30. The molecular formula is C16H13N3O2. The Balaban J connectivity index is 1.78. The lowest BCUT2D eigenvalue weighted by atomic mass is 10.1. The molecule has 2 heterocycles. The van der Waals surface area contributed by atoms with E-state index >= 15 is 0 Å². The third-order valence-corrected chi connectivity index (χ3v) is 2.99. The number of amides is 1. The second-order valence-electron chi connectivity index (χ2n) is 4.61. The molecule has 0 atom stereocenters. The Labute approximate surface area is 121 Å². The summed E-state index contributed by atoms with van der Waals surface area (Å²) in [5, 5.41) is 6.57. The van der Waals surface area contributed by atoms with Crippen molar-refractivity contribution in [1.29, 1.82) is 0 Å². The number of hydrogen-bond donors (Lipinski definition) is 1. The van der Waals surface area contributed by atoms with E-state index in [1.54, 1.807) is 30.5 Å². The second kappa shape index (κ2) is 5.58. The standard InChI is InChI=1S/C16H13N3O2/c1-11-5-7-12(8-6-11)13-10-14(21-19-13)16(20)18-15-4-2-3-9-17-15/h2-10H,1H3,(H,17,18,20). The number of rotatable bonds is 3. The van der Waals surface area contributed by atoms with E-state index in [4.69, 9.17) is 4.52 Å². The lowest BCUT2D eigenvalue weighted by molar-refractivity contribution is 0.0987. The summed E-state index contributed by atoms with van der Waals surface area (Å²) in [6.45, 7) is 2.01. The number of nitrogens with zero attached hydrogens (tertiary/aromatic N) is 2. The topological polar surface area (TPSA) is 68.0 Å². The van der Waals surface area contributed by atoms with Crippen LogP contribution in [0.15, 0.2) is 59.3 Å². The molecule has 1 amide bonds. The first-order chi connectivity index (χ1) is 10.2. The van der Waals surface area contributed by atoms with Gasteiger partial charge in [-0.2, -0.15) is 0 Å². The summed E-state index contributed by atoms with van der Waals surface area (Å²) in [6, 6.07) is 14.7. The smallest absolute Gasteiger partial charge is 0.295 e. The van der Waals surface area contributed by atoms with Gasteiger partial charge in [-0.1, -0.05) is 41.1 Å². The molecular weight excluding hydrogens is 266 g/mol. The predicted molar refractivity (Wildman–Crippen MR) is 78.9 cm³/mol. The van der Waals surface area contributed by atoms with E-state index < -0.39 is 0 Å². The van der Waals surface area contributed by atoms with Crippen LogP contribution in [-0.4, -0.2) is 16.0 Å². The Bertz CT molecular complexity index is 749. The molecule has 5 nitrogen and oxygen atoms in total. The van der Waals surface area contributed by atoms with E-state index in [9.17, 15) is 4.79 Å². The van der Waals surface area contributed by atoms with Crippen LogP contribution in [0.1, 0.15) is 16.1 Å². The summed E-state index contributed by atoms with van der Waals surface area (Å²) in [4.78, 5) is 16.1. The SMILES string of the molecule is Cc1ccc(-c2cc(C(=O)Nc3ccccn3)on2)cc1. The van der Waals surface area contributed by atoms with Crippen molar-refractivity contribution in [1.82, 2.24) is 10.1 Å². The first-order valence-electron chi connectivity index (χ1n) is 6.48. The van der Waals surface area contributed by atoms with Crippen molar-refractivity contribution in [2.75, 3.05) is 5.32 Å². The number of anilines is 1. The summed E-state index contributed by atoms with van der Waals surface area (Å²) in [6.07, 6.45) is 1.60. The van der Waals surface area contributed by atoms with Crippen LogP contribution >= 0.6 is 0 Å². The monoisotopic (exact) mass is 279 g/mol. The van der Waals surface area contributed by atoms with Crippen LogP contribution in [-0.2, 0) is 0 Å². The van der Waals surface area contributed by atoms with Gasteiger partial charge in [0.05, 0.1) is 0 Å². The molecule has 0 saturated heterocycles. The normalized spacial score (nSPS) is 10.3. The zero-order valence-corrected chi connectivity index (χ0v) is 11.4. The third-order valence-electron chi connectivity index (χ3n) is 2.99. The van der Waals surface area contributed by atoms with Crippen molar-refractivity contribution in [3.05, 3.63) is 66.1 Å². The fourth-order valence-electron chi connectivity index (χ4n) is 1.86. The molecule has 0 aliphatic heterocycles. The van der Waals surface area contributed by atoms with Gasteiger partial charge in [0.1, 0.15) is 11.5 Å². The highest BCUT2D eigenvalue weighted by molar-refractivity contribution is 6.02. The van der Waals surface area contributed by atoms with Gasteiger partial charge < -0.3 is 9.84 Å². The van der Waals surface area contributed by atoms with Crippen molar-refractivity contribution >= 4 is 11.7 Å². The molecule has 0 radical (unpaired) electrons. The number of carbonyl (C=O) groups excluding carboxylic acids is 1. The molecule has 21 heavy (non-hydrogen) atoms. The zero-order valence-electron chi connectivity index (χ0n) is 11.4. The van der Waals surface area contributed by atoms with Crippen molar-refractivity contribution in [3.63, 3.8) is 0 Å². The van der Waals surface area contributed by atoms with Crippen LogP contribution in [0.5, 0.6) is 0 Å². The Morgan fingerprint density at radius 1 is 1.14 bits per heavy atom. The molecule has 0 unspecified atom stereocenters. The van der Waals surface area contributed by atoms with E-state index in [0.29, 0.717) is 11.5 Å². The number of pyridine rings is 1. The van der Waals surface area contributed by atoms with Gasteiger partial charge in [-0.25, -0.2) is 4.98 Å². The van der Waals surface area contributed by atoms with E-state index in [2.05, 4.69) is 15.5 Å². The molecule has 3 aromatic rings. The minimum Gasteiger partial charge on any atom is -0.350 e. The molecule has 104 valence electrons.